The van der Waals surface area contributed by atoms with E-state index in [2.05, 4.69) is 25.5 Å². The van der Waals surface area contributed by atoms with Crippen LogP contribution >= 0.6 is 11.3 Å². The van der Waals surface area contributed by atoms with Gasteiger partial charge in [-0.15, -0.1) is 21.5 Å². The van der Waals surface area contributed by atoms with Crippen molar-refractivity contribution in [1.29, 1.82) is 5.41 Å². The van der Waals surface area contributed by atoms with Gasteiger partial charge >= 0.3 is 0 Å². The highest BCUT2D eigenvalue weighted by Crippen LogP contribution is 2.39. The molecule has 0 aliphatic rings. The molecule has 4 aromatic rings. The first kappa shape index (κ1) is 24.4. The lowest BCUT2D eigenvalue weighted by Crippen LogP contribution is -2.21. The third-order valence-corrected chi connectivity index (χ3v) is 6.67. The van der Waals surface area contributed by atoms with E-state index < -0.39 is 0 Å². The Balaban J connectivity index is 1.51. The molecule has 1 atom stereocenters. The summed E-state index contributed by atoms with van der Waals surface area (Å²) in [5, 5.41) is 19.9. The van der Waals surface area contributed by atoms with Crippen LogP contribution in [-0.2, 0) is 9.53 Å². The summed E-state index contributed by atoms with van der Waals surface area (Å²) in [6.07, 6.45) is 4.61. The Morgan fingerprint density at radius 1 is 1.20 bits per heavy atom. The maximum Gasteiger partial charge on any atom is 0.225 e. The van der Waals surface area contributed by atoms with E-state index in [1.807, 2.05) is 43.3 Å². The summed E-state index contributed by atoms with van der Waals surface area (Å²) in [6.45, 7) is 2.51. The summed E-state index contributed by atoms with van der Waals surface area (Å²) in [5.41, 5.74) is 3.15. The van der Waals surface area contributed by atoms with Crippen molar-refractivity contribution in [1.82, 2.24) is 25.1 Å². The first-order chi connectivity index (χ1) is 17.1. The molecule has 0 aliphatic heterocycles. The molecule has 0 unspecified atom stereocenters. The van der Waals surface area contributed by atoms with Crippen LogP contribution in [0.3, 0.4) is 0 Å². The molecule has 4 rings (SSSR count). The summed E-state index contributed by atoms with van der Waals surface area (Å²) < 4.78 is 5.17. The van der Waals surface area contributed by atoms with Gasteiger partial charge in [-0.2, -0.15) is 0 Å². The average Bonchev–Trinajstić information content (AvgIpc) is 3.57. The molecule has 0 bridgehead atoms. The van der Waals surface area contributed by atoms with E-state index in [-0.39, 0.29) is 18.2 Å². The minimum atomic E-state index is -0.182. The zero-order valence-electron chi connectivity index (χ0n) is 19.6. The topological polar surface area (TPSA) is 130 Å². The van der Waals surface area contributed by atoms with Gasteiger partial charge in [-0.25, -0.2) is 9.97 Å². The van der Waals surface area contributed by atoms with Crippen molar-refractivity contribution in [3.05, 3.63) is 55.0 Å². The van der Waals surface area contributed by atoms with Crippen LogP contribution in [0.25, 0.3) is 32.5 Å². The van der Waals surface area contributed by atoms with Gasteiger partial charge in [0.2, 0.25) is 5.91 Å². The number of hydrogen-bond acceptors (Lipinski definition) is 8. The summed E-state index contributed by atoms with van der Waals surface area (Å²) in [5.74, 6) is 0.951. The number of thiazole rings is 1. The predicted octanol–water partition coefficient (Wildman–Crippen LogP) is 5.07. The number of pyridine rings is 1. The van der Waals surface area contributed by atoms with E-state index >= 15 is 0 Å². The van der Waals surface area contributed by atoms with Crippen molar-refractivity contribution in [3.8, 4) is 32.5 Å². The van der Waals surface area contributed by atoms with Crippen LogP contribution in [0.5, 0.6) is 0 Å². The minimum Gasteiger partial charge on any atom is -0.384 e. The first-order valence-corrected chi connectivity index (χ1v) is 12.2. The molecule has 0 fully saturated rings. The fourth-order valence-corrected chi connectivity index (χ4v) is 4.70. The molecule has 9 nitrogen and oxygen atoms in total. The van der Waals surface area contributed by atoms with Crippen LogP contribution in [0.2, 0.25) is 0 Å². The van der Waals surface area contributed by atoms with Gasteiger partial charge in [0.15, 0.2) is 5.82 Å². The number of aromatic nitrogens is 5. The van der Waals surface area contributed by atoms with Crippen LogP contribution in [-0.4, -0.2) is 50.5 Å². The quantitative estimate of drug-likeness (QED) is 0.252. The summed E-state index contributed by atoms with van der Waals surface area (Å²) in [7, 11) is 1.63. The van der Waals surface area contributed by atoms with E-state index in [0.29, 0.717) is 30.4 Å². The monoisotopic (exact) mass is 489 g/mol. The van der Waals surface area contributed by atoms with Gasteiger partial charge in [0.05, 0.1) is 12.3 Å². The Bertz CT molecular complexity index is 1270. The highest BCUT2D eigenvalue weighted by Gasteiger charge is 2.19. The normalized spacial score (nSPS) is 11.8. The molecule has 0 saturated carbocycles. The second-order valence-corrected chi connectivity index (χ2v) is 8.96. The van der Waals surface area contributed by atoms with E-state index in [9.17, 15) is 4.79 Å². The van der Waals surface area contributed by atoms with E-state index in [1.54, 1.807) is 25.7 Å². The number of benzene rings is 1. The Morgan fingerprint density at radius 2 is 2.03 bits per heavy atom. The molecule has 3 N–H and O–H groups in total. The second kappa shape index (κ2) is 11.6. The Hall–Kier alpha value is -3.76. The molecule has 3 heterocycles. The van der Waals surface area contributed by atoms with Crippen LogP contribution in [0, 0.1) is 11.3 Å². The summed E-state index contributed by atoms with van der Waals surface area (Å²) in [6, 6.07) is 13.6. The smallest absolute Gasteiger partial charge is 0.225 e. The van der Waals surface area contributed by atoms with Crippen LogP contribution < -0.4 is 5.32 Å². The van der Waals surface area contributed by atoms with Gasteiger partial charge in [-0.05, 0) is 25.0 Å². The first-order valence-electron chi connectivity index (χ1n) is 11.3. The van der Waals surface area contributed by atoms with Crippen molar-refractivity contribution < 1.29 is 9.53 Å². The zero-order chi connectivity index (χ0) is 24.6. The maximum absolute atomic E-state index is 12.5. The predicted molar refractivity (Wildman–Crippen MR) is 137 cm³/mol. The van der Waals surface area contributed by atoms with Gasteiger partial charge in [-0.1, -0.05) is 37.3 Å². The van der Waals surface area contributed by atoms with Crippen molar-refractivity contribution in [2.45, 2.75) is 26.2 Å². The second-order valence-electron chi connectivity index (χ2n) is 7.96. The van der Waals surface area contributed by atoms with Crippen molar-refractivity contribution >= 4 is 28.8 Å². The number of ether oxygens (including phenoxy) is 1. The molecule has 180 valence electrons. The Labute approximate surface area is 207 Å². The highest BCUT2D eigenvalue weighted by atomic mass is 32.1. The lowest BCUT2D eigenvalue weighted by atomic mass is 9.97. The van der Waals surface area contributed by atoms with Crippen LogP contribution in [0.4, 0.5) is 5.82 Å². The fraction of sp³-hybridized carbons (Fsp3) is 0.280. The number of nitrogens with one attached hydrogen (secondary N) is 3. The molecule has 35 heavy (non-hydrogen) atoms. The molecular weight excluding hydrogens is 462 g/mol. The van der Waals surface area contributed by atoms with Gasteiger partial charge < -0.3 is 20.4 Å². The minimum absolute atomic E-state index is 0.0384. The molecule has 0 saturated heterocycles. The molecule has 1 amide bonds. The molecule has 10 heteroatoms. The standard InChI is InChI=1S/C25H27N7O2S/c1-3-16(14-34-2)19(26)9-10-21(33)30-20-13-18(11-12-27-20)25-31-22(17-7-5-4-6-8-17)23(35-25)24-28-15-29-32-24/h4-8,11-13,15-16,26H,3,9-10,14H2,1-2H3,(H,27,30,33)(H,28,29,32)/t16-/m0/s1. The maximum atomic E-state index is 12.5. The SMILES string of the molecule is CC[C@@H](COC)C(=N)CCC(=O)Nc1cc(-c2nc(-c3ccccc3)c(-c3nnc[nH]3)s2)ccn1. The zero-order valence-corrected chi connectivity index (χ0v) is 20.4. The number of carbonyl (C=O) groups is 1. The summed E-state index contributed by atoms with van der Waals surface area (Å²) >= 11 is 1.49. The lowest BCUT2D eigenvalue weighted by molar-refractivity contribution is -0.116. The van der Waals surface area contributed by atoms with Crippen molar-refractivity contribution in [2.24, 2.45) is 5.92 Å². The molecule has 0 radical (unpaired) electrons. The number of H-pyrrole nitrogens is 1. The largest absolute Gasteiger partial charge is 0.384 e. The molecule has 0 aliphatic carbocycles. The number of hydrogen-bond donors (Lipinski definition) is 3. The van der Waals surface area contributed by atoms with E-state index in [1.165, 1.54) is 11.3 Å². The van der Waals surface area contributed by atoms with Crippen LogP contribution in [0.1, 0.15) is 26.2 Å². The van der Waals surface area contributed by atoms with Gasteiger partial charge in [-0.3, -0.25) is 4.79 Å². The van der Waals surface area contributed by atoms with E-state index in [0.717, 1.165) is 33.1 Å². The number of methoxy groups -OCH3 is 1. The molecule has 0 spiro atoms. The molecular formula is C25H27N7O2S. The van der Waals surface area contributed by atoms with Gasteiger partial charge in [0, 0.05) is 42.5 Å². The van der Waals surface area contributed by atoms with E-state index in [4.69, 9.17) is 15.1 Å². The van der Waals surface area contributed by atoms with Gasteiger partial charge in [0.1, 0.15) is 22.0 Å². The number of anilines is 1. The molecule has 1 aromatic carbocycles. The average molecular weight is 490 g/mol. The van der Waals surface area contributed by atoms with Crippen molar-refractivity contribution in [2.75, 3.05) is 19.0 Å². The summed E-state index contributed by atoms with van der Waals surface area (Å²) in [4.78, 5) is 25.6. The van der Waals surface area contributed by atoms with Gasteiger partial charge in [0.25, 0.3) is 0 Å². The number of nitrogens with zero attached hydrogens (tertiary/aromatic N) is 4. The third kappa shape index (κ3) is 6.03. The number of amides is 1. The number of carbonyl (C=O) groups excluding carboxylic acids is 1. The number of aromatic amines is 1. The Morgan fingerprint density at radius 3 is 2.74 bits per heavy atom. The third-order valence-electron chi connectivity index (χ3n) is 5.56. The fourth-order valence-electron chi connectivity index (χ4n) is 3.67. The highest BCUT2D eigenvalue weighted by molar-refractivity contribution is 7.18. The number of rotatable bonds is 11. The van der Waals surface area contributed by atoms with Crippen molar-refractivity contribution in [3.63, 3.8) is 0 Å². The molecule has 3 aromatic heterocycles. The van der Waals surface area contributed by atoms with Crippen LogP contribution in [0.15, 0.2) is 55.0 Å². The Kier molecular flexibility index (Phi) is 8.07. The lowest BCUT2D eigenvalue weighted by Gasteiger charge is -2.15.